The Morgan fingerprint density at radius 3 is 2.06 bits per heavy atom. The standard InChI is InChI=1S/C13H20N2O.ClH/c1-13(2,3)10-5-7-11(8-6-10)15(4)12(16)9-14;/h5-8H,9,14H2,1-4H3;1H. The van der Waals surface area contributed by atoms with Crippen LogP contribution in [0.25, 0.3) is 0 Å². The second kappa shape index (κ2) is 6.03. The maximum Gasteiger partial charge on any atom is 0.240 e. The van der Waals surface area contributed by atoms with E-state index in [-0.39, 0.29) is 30.3 Å². The van der Waals surface area contributed by atoms with Gasteiger partial charge in [-0.15, -0.1) is 12.4 Å². The Kier molecular flexibility index (Phi) is 5.66. The number of carbonyl (C=O) groups excluding carboxylic acids is 1. The van der Waals surface area contributed by atoms with E-state index in [9.17, 15) is 4.79 Å². The molecule has 0 heterocycles. The number of amides is 1. The van der Waals surface area contributed by atoms with Gasteiger partial charge < -0.3 is 10.6 Å². The van der Waals surface area contributed by atoms with Crippen molar-refractivity contribution in [3.63, 3.8) is 0 Å². The SMILES string of the molecule is CN(C(=O)CN)c1ccc(C(C)(C)C)cc1.Cl. The Bertz CT molecular complexity index is 368. The molecular weight excluding hydrogens is 236 g/mol. The summed E-state index contributed by atoms with van der Waals surface area (Å²) in [5, 5.41) is 0. The van der Waals surface area contributed by atoms with Gasteiger partial charge in [0.2, 0.25) is 5.91 Å². The van der Waals surface area contributed by atoms with E-state index in [1.54, 1.807) is 11.9 Å². The number of halogens is 1. The largest absolute Gasteiger partial charge is 0.322 e. The van der Waals surface area contributed by atoms with E-state index in [1.165, 1.54) is 5.56 Å². The molecule has 0 aromatic heterocycles. The predicted molar refractivity (Wildman–Crippen MR) is 74.9 cm³/mol. The highest BCUT2D eigenvalue weighted by molar-refractivity contribution is 5.94. The van der Waals surface area contributed by atoms with E-state index in [4.69, 9.17) is 5.73 Å². The molecule has 0 saturated carbocycles. The Morgan fingerprint density at radius 1 is 1.24 bits per heavy atom. The first-order chi connectivity index (χ1) is 7.36. The van der Waals surface area contributed by atoms with Crippen molar-refractivity contribution >= 4 is 24.0 Å². The van der Waals surface area contributed by atoms with Gasteiger partial charge in [0.15, 0.2) is 0 Å². The minimum atomic E-state index is -0.0801. The highest BCUT2D eigenvalue weighted by Gasteiger charge is 2.14. The molecule has 0 bridgehead atoms. The van der Waals surface area contributed by atoms with Gasteiger partial charge >= 0.3 is 0 Å². The van der Waals surface area contributed by atoms with Gasteiger partial charge in [0.05, 0.1) is 6.54 Å². The summed E-state index contributed by atoms with van der Waals surface area (Å²) in [6, 6.07) is 8.01. The Hall–Kier alpha value is -1.06. The van der Waals surface area contributed by atoms with Crippen LogP contribution in [0.2, 0.25) is 0 Å². The highest BCUT2D eigenvalue weighted by atomic mass is 35.5. The Labute approximate surface area is 109 Å². The maximum atomic E-state index is 11.4. The molecular formula is C13H21ClN2O. The van der Waals surface area contributed by atoms with Gasteiger partial charge in [-0.05, 0) is 23.1 Å². The number of anilines is 1. The number of carbonyl (C=O) groups is 1. The van der Waals surface area contributed by atoms with Crippen molar-refractivity contribution in [3.05, 3.63) is 29.8 Å². The normalized spacial score (nSPS) is 10.6. The van der Waals surface area contributed by atoms with Crippen LogP contribution in [0.3, 0.4) is 0 Å². The average Bonchev–Trinajstić information content (AvgIpc) is 2.26. The molecule has 0 unspecified atom stereocenters. The Morgan fingerprint density at radius 2 is 1.71 bits per heavy atom. The summed E-state index contributed by atoms with van der Waals surface area (Å²) < 4.78 is 0. The topological polar surface area (TPSA) is 46.3 Å². The first kappa shape index (κ1) is 15.9. The van der Waals surface area contributed by atoms with Crippen LogP contribution in [-0.4, -0.2) is 19.5 Å². The Balaban J connectivity index is 0.00000256. The summed E-state index contributed by atoms with van der Waals surface area (Å²) in [6.45, 7) is 6.53. The molecule has 0 aliphatic carbocycles. The summed E-state index contributed by atoms with van der Waals surface area (Å²) in [6.07, 6.45) is 0. The summed E-state index contributed by atoms with van der Waals surface area (Å²) in [5.74, 6) is -0.0801. The van der Waals surface area contributed by atoms with E-state index >= 15 is 0 Å². The number of rotatable bonds is 2. The van der Waals surface area contributed by atoms with Gasteiger partial charge in [-0.3, -0.25) is 4.79 Å². The van der Waals surface area contributed by atoms with Crippen LogP contribution in [0, 0.1) is 0 Å². The third kappa shape index (κ3) is 4.02. The summed E-state index contributed by atoms with van der Waals surface area (Å²) in [5.41, 5.74) is 7.58. The molecule has 1 aromatic rings. The van der Waals surface area contributed by atoms with E-state index in [1.807, 2.05) is 12.1 Å². The molecule has 0 fully saturated rings. The van der Waals surface area contributed by atoms with Crippen LogP contribution >= 0.6 is 12.4 Å². The van der Waals surface area contributed by atoms with Crippen molar-refractivity contribution in [3.8, 4) is 0 Å². The second-order valence-corrected chi connectivity index (χ2v) is 4.95. The van der Waals surface area contributed by atoms with Crippen LogP contribution in [0.15, 0.2) is 24.3 Å². The summed E-state index contributed by atoms with van der Waals surface area (Å²) in [4.78, 5) is 13.0. The van der Waals surface area contributed by atoms with E-state index in [0.717, 1.165) is 5.69 Å². The van der Waals surface area contributed by atoms with Crippen LogP contribution in [0.4, 0.5) is 5.69 Å². The molecule has 0 spiro atoms. The quantitative estimate of drug-likeness (QED) is 0.883. The molecule has 2 N–H and O–H groups in total. The molecule has 3 nitrogen and oxygen atoms in total. The minimum Gasteiger partial charge on any atom is -0.322 e. The van der Waals surface area contributed by atoms with Crippen molar-refractivity contribution in [2.45, 2.75) is 26.2 Å². The number of nitrogens with zero attached hydrogens (tertiary/aromatic N) is 1. The van der Waals surface area contributed by atoms with Crippen molar-refractivity contribution in [1.29, 1.82) is 0 Å². The van der Waals surface area contributed by atoms with Gasteiger partial charge in [0.1, 0.15) is 0 Å². The first-order valence-electron chi connectivity index (χ1n) is 5.43. The van der Waals surface area contributed by atoms with E-state index in [2.05, 4.69) is 32.9 Å². The lowest BCUT2D eigenvalue weighted by molar-refractivity contribution is -0.117. The van der Waals surface area contributed by atoms with Crippen LogP contribution < -0.4 is 10.6 Å². The van der Waals surface area contributed by atoms with Gasteiger partial charge in [-0.25, -0.2) is 0 Å². The smallest absolute Gasteiger partial charge is 0.240 e. The zero-order valence-electron chi connectivity index (χ0n) is 10.9. The predicted octanol–water partition coefficient (Wildman–Crippen LogP) is 2.33. The zero-order valence-corrected chi connectivity index (χ0v) is 11.7. The molecule has 1 aromatic carbocycles. The fraction of sp³-hybridized carbons (Fsp3) is 0.462. The molecule has 0 atom stereocenters. The number of hydrogen-bond donors (Lipinski definition) is 1. The lowest BCUT2D eigenvalue weighted by Crippen LogP contribution is -2.32. The van der Waals surface area contributed by atoms with E-state index in [0.29, 0.717) is 0 Å². The number of nitrogens with two attached hydrogens (primary N) is 1. The molecule has 0 radical (unpaired) electrons. The molecule has 0 aliphatic heterocycles. The van der Waals surface area contributed by atoms with Crippen molar-refractivity contribution in [2.24, 2.45) is 5.73 Å². The van der Waals surface area contributed by atoms with Crippen molar-refractivity contribution in [1.82, 2.24) is 0 Å². The third-order valence-corrected chi connectivity index (χ3v) is 2.67. The maximum absolute atomic E-state index is 11.4. The molecule has 96 valence electrons. The fourth-order valence-corrected chi connectivity index (χ4v) is 1.47. The number of likely N-dealkylation sites (N-methyl/N-ethyl adjacent to an activating group) is 1. The minimum absolute atomic E-state index is 0. The fourth-order valence-electron chi connectivity index (χ4n) is 1.47. The zero-order chi connectivity index (χ0) is 12.3. The summed E-state index contributed by atoms with van der Waals surface area (Å²) >= 11 is 0. The average molecular weight is 257 g/mol. The molecule has 1 rings (SSSR count). The van der Waals surface area contributed by atoms with Crippen molar-refractivity contribution in [2.75, 3.05) is 18.5 Å². The molecule has 1 amide bonds. The highest BCUT2D eigenvalue weighted by Crippen LogP contribution is 2.24. The van der Waals surface area contributed by atoms with Crippen LogP contribution in [0.5, 0.6) is 0 Å². The molecule has 0 aliphatic rings. The van der Waals surface area contributed by atoms with Gasteiger partial charge in [-0.2, -0.15) is 0 Å². The lowest BCUT2D eigenvalue weighted by Gasteiger charge is -2.21. The second-order valence-electron chi connectivity index (χ2n) is 4.95. The van der Waals surface area contributed by atoms with Crippen molar-refractivity contribution < 1.29 is 4.79 Å². The first-order valence-corrected chi connectivity index (χ1v) is 5.43. The van der Waals surface area contributed by atoms with E-state index < -0.39 is 0 Å². The number of hydrogen-bond acceptors (Lipinski definition) is 2. The van der Waals surface area contributed by atoms with Gasteiger partial charge in [0.25, 0.3) is 0 Å². The molecule has 0 saturated heterocycles. The number of benzene rings is 1. The monoisotopic (exact) mass is 256 g/mol. The van der Waals surface area contributed by atoms with Gasteiger partial charge in [0, 0.05) is 12.7 Å². The molecule has 4 heteroatoms. The van der Waals surface area contributed by atoms with Gasteiger partial charge in [-0.1, -0.05) is 32.9 Å². The molecule has 17 heavy (non-hydrogen) atoms. The van der Waals surface area contributed by atoms with Crippen LogP contribution in [0.1, 0.15) is 26.3 Å². The summed E-state index contributed by atoms with van der Waals surface area (Å²) in [7, 11) is 1.74. The third-order valence-electron chi connectivity index (χ3n) is 2.67. The lowest BCUT2D eigenvalue weighted by atomic mass is 9.87. The van der Waals surface area contributed by atoms with Crippen LogP contribution in [-0.2, 0) is 10.2 Å².